The zero-order valence-electron chi connectivity index (χ0n) is 14.0. The van der Waals surface area contributed by atoms with Crippen LogP contribution in [0.4, 0.5) is 10.1 Å². The number of nitrogens with one attached hydrogen (secondary N) is 1. The smallest absolute Gasteiger partial charge is 0.311 e. The number of carbonyl (C=O) groups is 2. The Morgan fingerprint density at radius 1 is 1.20 bits per heavy atom. The molecule has 0 aliphatic carbocycles. The fourth-order valence-corrected chi connectivity index (χ4v) is 2.44. The van der Waals surface area contributed by atoms with Crippen molar-refractivity contribution in [2.24, 2.45) is 0 Å². The van der Waals surface area contributed by atoms with Gasteiger partial charge in [0.15, 0.2) is 6.10 Å². The highest BCUT2D eigenvalue weighted by Crippen LogP contribution is 2.20. The lowest BCUT2D eigenvalue weighted by Gasteiger charge is -2.14. The van der Waals surface area contributed by atoms with Crippen LogP contribution in [0, 0.1) is 5.82 Å². The zero-order valence-corrected chi connectivity index (χ0v) is 14.8. The van der Waals surface area contributed by atoms with Gasteiger partial charge in [-0.25, -0.2) is 4.39 Å². The van der Waals surface area contributed by atoms with Gasteiger partial charge in [0.25, 0.3) is 5.91 Å². The van der Waals surface area contributed by atoms with E-state index in [4.69, 9.17) is 16.3 Å². The van der Waals surface area contributed by atoms with Gasteiger partial charge in [-0.15, -0.1) is 0 Å². The number of ether oxygens (including phenoxy) is 1. The van der Waals surface area contributed by atoms with Crippen LogP contribution in [0.1, 0.15) is 25.0 Å². The van der Waals surface area contributed by atoms with E-state index in [1.54, 1.807) is 12.1 Å². The maximum Gasteiger partial charge on any atom is 0.311 e. The lowest BCUT2D eigenvalue weighted by atomic mass is 10.1. The van der Waals surface area contributed by atoms with Gasteiger partial charge in [0.05, 0.1) is 6.42 Å². The monoisotopic (exact) mass is 363 g/mol. The topological polar surface area (TPSA) is 55.4 Å². The molecule has 2 aromatic carbocycles. The molecule has 132 valence electrons. The molecular formula is C19H19ClFNO3. The summed E-state index contributed by atoms with van der Waals surface area (Å²) in [7, 11) is 0. The van der Waals surface area contributed by atoms with E-state index in [1.165, 1.54) is 25.1 Å². The van der Waals surface area contributed by atoms with Crippen LogP contribution in [-0.4, -0.2) is 18.0 Å². The Morgan fingerprint density at radius 2 is 1.88 bits per heavy atom. The molecule has 0 spiro atoms. The van der Waals surface area contributed by atoms with Crippen LogP contribution < -0.4 is 5.32 Å². The molecule has 25 heavy (non-hydrogen) atoms. The van der Waals surface area contributed by atoms with Crippen molar-refractivity contribution in [3.05, 3.63) is 64.4 Å². The van der Waals surface area contributed by atoms with Crippen LogP contribution in [0.25, 0.3) is 0 Å². The van der Waals surface area contributed by atoms with Crippen molar-refractivity contribution >= 4 is 29.2 Å². The number of aryl methyl sites for hydroxylation is 1. The fraction of sp³-hybridized carbons (Fsp3) is 0.263. The van der Waals surface area contributed by atoms with Crippen molar-refractivity contribution in [3.63, 3.8) is 0 Å². The Bertz CT molecular complexity index is 742. The quantitative estimate of drug-likeness (QED) is 0.784. The average Bonchev–Trinajstić information content (AvgIpc) is 2.59. The first-order chi connectivity index (χ1) is 11.9. The van der Waals surface area contributed by atoms with Gasteiger partial charge in [0.2, 0.25) is 0 Å². The molecule has 0 fully saturated rings. The normalized spacial score (nSPS) is 11.7. The Labute approximate surface area is 150 Å². The average molecular weight is 364 g/mol. The minimum Gasteiger partial charge on any atom is -0.452 e. The Morgan fingerprint density at radius 3 is 2.48 bits per heavy atom. The minimum absolute atomic E-state index is 0.0527. The molecule has 0 aliphatic rings. The second-order valence-corrected chi connectivity index (χ2v) is 5.96. The predicted molar refractivity (Wildman–Crippen MR) is 95.1 cm³/mol. The van der Waals surface area contributed by atoms with Gasteiger partial charge >= 0.3 is 5.97 Å². The number of rotatable bonds is 6. The van der Waals surface area contributed by atoms with E-state index in [0.717, 1.165) is 12.0 Å². The van der Waals surface area contributed by atoms with Crippen molar-refractivity contribution in [2.75, 3.05) is 5.32 Å². The molecule has 6 heteroatoms. The van der Waals surface area contributed by atoms with Gasteiger partial charge in [0, 0.05) is 16.3 Å². The van der Waals surface area contributed by atoms with Gasteiger partial charge < -0.3 is 10.1 Å². The molecule has 1 atom stereocenters. The highest BCUT2D eigenvalue weighted by molar-refractivity contribution is 6.31. The molecule has 2 rings (SSSR count). The minimum atomic E-state index is -1.01. The molecule has 0 radical (unpaired) electrons. The number of anilines is 1. The molecule has 4 nitrogen and oxygen atoms in total. The summed E-state index contributed by atoms with van der Waals surface area (Å²) in [4.78, 5) is 24.0. The van der Waals surface area contributed by atoms with Gasteiger partial charge in [-0.3, -0.25) is 9.59 Å². The molecule has 0 heterocycles. The summed E-state index contributed by atoms with van der Waals surface area (Å²) in [5, 5.41) is 2.81. The summed E-state index contributed by atoms with van der Waals surface area (Å²) >= 11 is 5.88. The number of halogens is 2. The van der Waals surface area contributed by atoms with Crippen molar-refractivity contribution in [1.82, 2.24) is 0 Å². The number of carbonyl (C=O) groups excluding carboxylic acids is 2. The largest absolute Gasteiger partial charge is 0.452 e. The van der Waals surface area contributed by atoms with Crippen molar-refractivity contribution < 1.29 is 18.7 Å². The first-order valence-electron chi connectivity index (χ1n) is 7.93. The molecule has 0 unspecified atom stereocenters. The molecule has 0 saturated carbocycles. The summed E-state index contributed by atoms with van der Waals surface area (Å²) in [5.41, 5.74) is 1.82. The standard InChI is InChI=1S/C19H19ClFNO3/c1-3-13-7-9-14(10-8-13)22-19(24)12(2)25-18(23)11-15-16(20)5-4-6-17(15)21/h4-10,12H,3,11H2,1-2H3,(H,22,24)/t12-/m0/s1. The highest BCUT2D eigenvalue weighted by Gasteiger charge is 2.20. The summed E-state index contributed by atoms with van der Waals surface area (Å²) < 4.78 is 18.8. The van der Waals surface area contributed by atoms with Gasteiger partial charge in [-0.2, -0.15) is 0 Å². The van der Waals surface area contributed by atoms with Crippen molar-refractivity contribution in [2.45, 2.75) is 32.8 Å². The first-order valence-corrected chi connectivity index (χ1v) is 8.30. The van der Waals surface area contributed by atoms with E-state index in [-0.39, 0.29) is 17.0 Å². The van der Waals surface area contributed by atoms with Crippen LogP contribution in [0.3, 0.4) is 0 Å². The van der Waals surface area contributed by atoms with Gasteiger partial charge in [-0.05, 0) is 43.2 Å². The Hall–Kier alpha value is -2.40. The number of hydrogen-bond donors (Lipinski definition) is 1. The van der Waals surface area contributed by atoms with Crippen LogP contribution in [0.5, 0.6) is 0 Å². The number of amides is 1. The lowest BCUT2D eigenvalue weighted by molar-refractivity contribution is -0.152. The molecule has 0 saturated heterocycles. The molecule has 1 amide bonds. The van der Waals surface area contributed by atoms with E-state index in [2.05, 4.69) is 5.32 Å². The van der Waals surface area contributed by atoms with E-state index < -0.39 is 23.8 Å². The SMILES string of the molecule is CCc1ccc(NC(=O)[C@H](C)OC(=O)Cc2c(F)cccc2Cl)cc1. The molecular weight excluding hydrogens is 345 g/mol. The van der Waals surface area contributed by atoms with Crippen molar-refractivity contribution in [3.8, 4) is 0 Å². The van der Waals surface area contributed by atoms with E-state index in [0.29, 0.717) is 5.69 Å². The summed E-state index contributed by atoms with van der Waals surface area (Å²) in [6.07, 6.45) is -0.446. The van der Waals surface area contributed by atoms with Crippen LogP contribution in [0.15, 0.2) is 42.5 Å². The predicted octanol–water partition coefficient (Wildman–Crippen LogP) is 4.15. The summed E-state index contributed by atoms with van der Waals surface area (Å²) in [5.74, 6) is -1.77. The van der Waals surface area contributed by atoms with E-state index in [9.17, 15) is 14.0 Å². The lowest BCUT2D eigenvalue weighted by Crippen LogP contribution is -2.30. The van der Waals surface area contributed by atoms with Gasteiger partial charge in [0.1, 0.15) is 5.82 Å². The zero-order chi connectivity index (χ0) is 18.4. The maximum absolute atomic E-state index is 13.7. The second-order valence-electron chi connectivity index (χ2n) is 5.55. The maximum atomic E-state index is 13.7. The fourth-order valence-electron chi connectivity index (χ4n) is 2.21. The Balaban J connectivity index is 1.92. The third-order valence-electron chi connectivity index (χ3n) is 3.69. The molecule has 0 bridgehead atoms. The second kappa shape index (κ2) is 8.62. The van der Waals surface area contributed by atoms with Crippen molar-refractivity contribution in [1.29, 1.82) is 0 Å². The molecule has 0 aliphatic heterocycles. The Kier molecular flexibility index (Phi) is 6.53. The van der Waals surface area contributed by atoms with Gasteiger partial charge in [-0.1, -0.05) is 36.7 Å². The molecule has 0 aromatic heterocycles. The summed E-state index contributed by atoms with van der Waals surface area (Å²) in [6.45, 7) is 3.49. The highest BCUT2D eigenvalue weighted by atomic mass is 35.5. The van der Waals surface area contributed by atoms with Crippen LogP contribution in [-0.2, 0) is 27.2 Å². The first kappa shape index (κ1) is 18.9. The molecule has 1 N–H and O–H groups in total. The van der Waals surface area contributed by atoms with E-state index >= 15 is 0 Å². The summed E-state index contributed by atoms with van der Waals surface area (Å²) in [6, 6.07) is 11.5. The number of esters is 1. The van der Waals surface area contributed by atoms with E-state index in [1.807, 2.05) is 19.1 Å². The third-order valence-corrected chi connectivity index (χ3v) is 4.04. The van der Waals surface area contributed by atoms with Crippen LogP contribution in [0.2, 0.25) is 5.02 Å². The third kappa shape index (κ3) is 5.29. The van der Waals surface area contributed by atoms with Crippen LogP contribution >= 0.6 is 11.6 Å². The molecule has 2 aromatic rings. The number of benzene rings is 2. The number of hydrogen-bond acceptors (Lipinski definition) is 3.